The van der Waals surface area contributed by atoms with E-state index < -0.39 is 6.10 Å². The van der Waals surface area contributed by atoms with Crippen LogP contribution in [0.4, 0.5) is 4.39 Å². The molecule has 116 valence electrons. The number of hydrogen-bond donors (Lipinski definition) is 1. The number of hydrogen-bond acceptors (Lipinski definition) is 3. The molecule has 0 bridgehead atoms. The largest absolute Gasteiger partial charge is 0.492 e. The Morgan fingerprint density at radius 2 is 1.77 bits per heavy atom. The first-order chi connectivity index (χ1) is 10.6. The van der Waals surface area contributed by atoms with Crippen LogP contribution in [0.5, 0.6) is 11.5 Å². The average Bonchev–Trinajstić information content (AvgIpc) is 2.54. The molecule has 0 aliphatic heterocycles. The number of carbonyl (C=O) groups is 1. The lowest BCUT2D eigenvalue weighted by atomic mass is 10.3. The predicted octanol–water partition coefficient (Wildman–Crippen LogP) is 2.79. The van der Waals surface area contributed by atoms with Crippen LogP contribution in [0.25, 0.3) is 0 Å². The van der Waals surface area contributed by atoms with Gasteiger partial charge in [-0.2, -0.15) is 0 Å². The van der Waals surface area contributed by atoms with E-state index in [1.165, 1.54) is 24.3 Å². The summed E-state index contributed by atoms with van der Waals surface area (Å²) in [7, 11) is 0. The Bertz CT molecular complexity index is 587. The molecule has 0 saturated heterocycles. The molecule has 2 aromatic rings. The van der Waals surface area contributed by atoms with Gasteiger partial charge in [0, 0.05) is 0 Å². The fourth-order valence-corrected chi connectivity index (χ4v) is 1.77. The van der Waals surface area contributed by atoms with Gasteiger partial charge in [-0.15, -0.1) is 0 Å². The minimum absolute atomic E-state index is 0.216. The molecule has 0 aromatic heterocycles. The quantitative estimate of drug-likeness (QED) is 0.800. The SMILES string of the molecule is CC(Oc1ccccc1)C(=O)NCCOc1ccc(F)cc1. The van der Waals surface area contributed by atoms with Gasteiger partial charge < -0.3 is 14.8 Å². The summed E-state index contributed by atoms with van der Waals surface area (Å²) in [5, 5.41) is 2.72. The third kappa shape index (κ3) is 5.09. The summed E-state index contributed by atoms with van der Waals surface area (Å²) in [5.74, 6) is 0.677. The highest BCUT2D eigenvalue weighted by Gasteiger charge is 2.13. The third-order valence-corrected chi connectivity index (χ3v) is 2.91. The Morgan fingerprint density at radius 3 is 2.45 bits per heavy atom. The van der Waals surface area contributed by atoms with Crippen LogP contribution in [0.2, 0.25) is 0 Å². The number of nitrogens with one attached hydrogen (secondary N) is 1. The van der Waals surface area contributed by atoms with E-state index in [0.29, 0.717) is 24.7 Å². The summed E-state index contributed by atoms with van der Waals surface area (Å²) in [6.07, 6.45) is -0.590. The summed E-state index contributed by atoms with van der Waals surface area (Å²) in [4.78, 5) is 11.9. The fraction of sp³-hybridized carbons (Fsp3) is 0.235. The topological polar surface area (TPSA) is 47.6 Å². The van der Waals surface area contributed by atoms with Crippen molar-refractivity contribution in [1.82, 2.24) is 5.32 Å². The molecule has 0 spiro atoms. The Balaban J connectivity index is 1.67. The maximum Gasteiger partial charge on any atom is 0.260 e. The molecule has 1 N–H and O–H groups in total. The molecular weight excluding hydrogens is 285 g/mol. The zero-order valence-electron chi connectivity index (χ0n) is 12.3. The normalized spacial score (nSPS) is 11.5. The summed E-state index contributed by atoms with van der Waals surface area (Å²) in [6.45, 7) is 2.33. The molecule has 1 atom stereocenters. The Kier molecular flexibility index (Phi) is 5.77. The van der Waals surface area contributed by atoms with Gasteiger partial charge in [-0.1, -0.05) is 18.2 Å². The molecule has 4 nitrogen and oxygen atoms in total. The second-order valence-corrected chi connectivity index (χ2v) is 4.67. The summed E-state index contributed by atoms with van der Waals surface area (Å²) in [5.41, 5.74) is 0. The first-order valence-corrected chi connectivity index (χ1v) is 7.03. The van der Waals surface area contributed by atoms with Crippen molar-refractivity contribution in [2.24, 2.45) is 0 Å². The van der Waals surface area contributed by atoms with Crippen molar-refractivity contribution in [3.05, 3.63) is 60.4 Å². The number of rotatable bonds is 7. The van der Waals surface area contributed by atoms with Crippen molar-refractivity contribution in [1.29, 1.82) is 0 Å². The summed E-state index contributed by atoms with van der Waals surface area (Å²) in [6, 6.07) is 14.9. The van der Waals surface area contributed by atoms with Crippen molar-refractivity contribution in [2.75, 3.05) is 13.2 Å². The highest BCUT2D eigenvalue weighted by molar-refractivity contribution is 5.80. The van der Waals surface area contributed by atoms with E-state index in [1.54, 1.807) is 19.1 Å². The molecule has 2 rings (SSSR count). The lowest BCUT2D eigenvalue weighted by Crippen LogP contribution is -2.38. The monoisotopic (exact) mass is 303 g/mol. The van der Waals surface area contributed by atoms with Crippen LogP contribution in [0.3, 0.4) is 0 Å². The Morgan fingerprint density at radius 1 is 1.09 bits per heavy atom. The maximum absolute atomic E-state index is 12.7. The van der Waals surface area contributed by atoms with Gasteiger partial charge in [0.2, 0.25) is 0 Å². The number of halogens is 1. The smallest absolute Gasteiger partial charge is 0.260 e. The van der Waals surface area contributed by atoms with E-state index in [0.717, 1.165) is 0 Å². The Hall–Kier alpha value is -2.56. The van der Waals surface area contributed by atoms with Crippen LogP contribution in [-0.4, -0.2) is 25.2 Å². The molecular formula is C17H18FNO3. The first kappa shape index (κ1) is 15.8. The van der Waals surface area contributed by atoms with Gasteiger partial charge in [-0.3, -0.25) is 4.79 Å². The fourth-order valence-electron chi connectivity index (χ4n) is 1.77. The van der Waals surface area contributed by atoms with E-state index in [1.807, 2.05) is 18.2 Å². The lowest BCUT2D eigenvalue weighted by Gasteiger charge is -2.14. The molecule has 2 aromatic carbocycles. The minimum atomic E-state index is -0.590. The summed E-state index contributed by atoms with van der Waals surface area (Å²) < 4.78 is 23.6. The van der Waals surface area contributed by atoms with Crippen LogP contribution < -0.4 is 14.8 Å². The molecule has 0 heterocycles. The number of carbonyl (C=O) groups excluding carboxylic acids is 1. The highest BCUT2D eigenvalue weighted by Crippen LogP contribution is 2.11. The van der Waals surface area contributed by atoms with E-state index in [4.69, 9.17) is 9.47 Å². The first-order valence-electron chi connectivity index (χ1n) is 7.03. The maximum atomic E-state index is 12.7. The van der Waals surface area contributed by atoms with Crippen molar-refractivity contribution in [2.45, 2.75) is 13.0 Å². The van der Waals surface area contributed by atoms with Gasteiger partial charge in [0.1, 0.15) is 23.9 Å². The predicted molar refractivity (Wildman–Crippen MR) is 81.4 cm³/mol. The molecule has 1 unspecified atom stereocenters. The third-order valence-electron chi connectivity index (χ3n) is 2.91. The van der Waals surface area contributed by atoms with E-state index in [2.05, 4.69) is 5.32 Å². The van der Waals surface area contributed by atoms with Crippen molar-refractivity contribution in [3.63, 3.8) is 0 Å². The molecule has 5 heteroatoms. The molecule has 22 heavy (non-hydrogen) atoms. The molecule has 0 radical (unpaired) electrons. The van der Waals surface area contributed by atoms with Gasteiger partial charge in [0.25, 0.3) is 5.91 Å². The molecule has 1 amide bonds. The van der Waals surface area contributed by atoms with Crippen molar-refractivity contribution < 1.29 is 18.7 Å². The van der Waals surface area contributed by atoms with E-state index in [9.17, 15) is 9.18 Å². The zero-order valence-corrected chi connectivity index (χ0v) is 12.3. The molecule has 0 saturated carbocycles. The lowest BCUT2D eigenvalue weighted by molar-refractivity contribution is -0.127. The zero-order chi connectivity index (χ0) is 15.8. The number of ether oxygens (including phenoxy) is 2. The summed E-state index contributed by atoms with van der Waals surface area (Å²) >= 11 is 0. The van der Waals surface area contributed by atoms with Gasteiger partial charge >= 0.3 is 0 Å². The van der Waals surface area contributed by atoms with Crippen molar-refractivity contribution in [3.8, 4) is 11.5 Å². The van der Waals surface area contributed by atoms with Gasteiger partial charge in [-0.25, -0.2) is 4.39 Å². The highest BCUT2D eigenvalue weighted by atomic mass is 19.1. The number of benzene rings is 2. The molecule has 0 aliphatic carbocycles. The van der Waals surface area contributed by atoms with Crippen LogP contribution >= 0.6 is 0 Å². The van der Waals surface area contributed by atoms with Crippen molar-refractivity contribution >= 4 is 5.91 Å². The van der Waals surface area contributed by atoms with Gasteiger partial charge in [0.15, 0.2) is 6.10 Å². The van der Waals surface area contributed by atoms with Crippen LogP contribution in [0.1, 0.15) is 6.92 Å². The minimum Gasteiger partial charge on any atom is -0.492 e. The standard InChI is InChI=1S/C17H18FNO3/c1-13(22-16-5-3-2-4-6-16)17(20)19-11-12-21-15-9-7-14(18)8-10-15/h2-10,13H,11-12H2,1H3,(H,19,20). The van der Waals surface area contributed by atoms with Crippen LogP contribution in [0.15, 0.2) is 54.6 Å². The second-order valence-electron chi connectivity index (χ2n) is 4.67. The van der Waals surface area contributed by atoms with Gasteiger partial charge in [-0.05, 0) is 43.3 Å². The number of para-hydroxylation sites is 1. The van der Waals surface area contributed by atoms with Gasteiger partial charge in [0.05, 0.1) is 6.54 Å². The molecule has 0 aliphatic rings. The second kappa shape index (κ2) is 8.02. The van der Waals surface area contributed by atoms with E-state index in [-0.39, 0.29) is 11.7 Å². The molecule has 0 fully saturated rings. The Labute approximate surface area is 128 Å². The average molecular weight is 303 g/mol. The number of amides is 1. The van der Waals surface area contributed by atoms with Crippen LogP contribution in [0, 0.1) is 5.82 Å². The van der Waals surface area contributed by atoms with Crippen LogP contribution in [-0.2, 0) is 4.79 Å². The van der Waals surface area contributed by atoms with E-state index >= 15 is 0 Å².